The molecular formula is C19H19Cl2N5O. The van der Waals surface area contributed by atoms with Gasteiger partial charge in [-0.25, -0.2) is 0 Å². The van der Waals surface area contributed by atoms with Crippen molar-refractivity contribution in [1.82, 2.24) is 19.6 Å². The first-order chi connectivity index (χ1) is 13.1. The number of aromatic nitrogens is 4. The number of fused-ring (bicyclic) bond motifs is 3. The van der Waals surface area contributed by atoms with Crippen molar-refractivity contribution in [2.75, 3.05) is 12.4 Å². The summed E-state index contributed by atoms with van der Waals surface area (Å²) < 4.78 is 7.00. The molecule has 3 atom stereocenters. The Balaban J connectivity index is 1.64. The Morgan fingerprint density at radius 3 is 2.81 bits per heavy atom. The quantitative estimate of drug-likeness (QED) is 0.639. The van der Waals surface area contributed by atoms with Crippen LogP contribution in [0.5, 0.6) is 5.75 Å². The molecule has 27 heavy (non-hydrogen) atoms. The second-order valence-corrected chi connectivity index (χ2v) is 8.14. The Bertz CT molecular complexity index is 1020. The van der Waals surface area contributed by atoms with E-state index < -0.39 is 0 Å². The average molecular weight is 404 g/mol. The van der Waals surface area contributed by atoms with Gasteiger partial charge in [0.1, 0.15) is 23.0 Å². The number of halogens is 2. The normalized spacial score (nSPS) is 23.9. The summed E-state index contributed by atoms with van der Waals surface area (Å²) in [6, 6.07) is 6.03. The van der Waals surface area contributed by atoms with Crippen molar-refractivity contribution in [3.05, 3.63) is 34.7 Å². The summed E-state index contributed by atoms with van der Waals surface area (Å²) in [5.74, 6) is 3.45. The van der Waals surface area contributed by atoms with Crippen LogP contribution in [0.15, 0.2) is 24.5 Å². The van der Waals surface area contributed by atoms with Gasteiger partial charge in [0.25, 0.3) is 5.78 Å². The van der Waals surface area contributed by atoms with E-state index >= 15 is 0 Å². The maximum absolute atomic E-state index is 6.58. The van der Waals surface area contributed by atoms with Gasteiger partial charge in [0.2, 0.25) is 0 Å². The number of anilines is 1. The highest BCUT2D eigenvalue weighted by Crippen LogP contribution is 2.47. The molecular weight excluding hydrogens is 385 g/mol. The predicted molar refractivity (Wildman–Crippen MR) is 106 cm³/mol. The lowest BCUT2D eigenvalue weighted by atomic mass is 9.95. The molecule has 5 rings (SSSR count). The van der Waals surface area contributed by atoms with Gasteiger partial charge < -0.3 is 10.1 Å². The fourth-order valence-corrected chi connectivity index (χ4v) is 5.16. The van der Waals surface area contributed by atoms with Crippen LogP contribution in [0, 0.1) is 11.8 Å². The third kappa shape index (κ3) is 2.82. The smallest absolute Gasteiger partial charge is 0.255 e. The molecule has 3 aromatic rings. The molecule has 2 aliphatic rings. The molecule has 6 nitrogen and oxygen atoms in total. The average Bonchev–Trinajstić information content (AvgIpc) is 3.38. The standard InChI is InChI=1S/C19H19Cl2N5O/c1-27-15-5-4-12(8-13(15)20)16-17(21)25-19-22-9-23-26(19)18(16)24-14-7-10-2-3-11(14)6-10/h4-5,8-11,14,24H,2-3,6-7H2,1H3. The highest BCUT2D eigenvalue weighted by Gasteiger charge is 2.40. The van der Waals surface area contributed by atoms with Crippen molar-refractivity contribution >= 4 is 34.8 Å². The van der Waals surface area contributed by atoms with Gasteiger partial charge >= 0.3 is 0 Å². The number of nitrogens with zero attached hydrogens (tertiary/aromatic N) is 4. The van der Waals surface area contributed by atoms with Crippen LogP contribution < -0.4 is 10.1 Å². The van der Waals surface area contributed by atoms with E-state index in [4.69, 9.17) is 27.9 Å². The van der Waals surface area contributed by atoms with Crippen LogP contribution in [0.4, 0.5) is 5.82 Å². The molecule has 2 fully saturated rings. The fraction of sp³-hybridized carbons (Fsp3) is 0.421. The number of hydrogen-bond donors (Lipinski definition) is 1. The Kier molecular flexibility index (Phi) is 4.13. The van der Waals surface area contributed by atoms with E-state index in [0.29, 0.717) is 33.7 Å². The van der Waals surface area contributed by atoms with E-state index in [0.717, 1.165) is 22.9 Å². The van der Waals surface area contributed by atoms with E-state index in [1.54, 1.807) is 11.6 Å². The zero-order valence-corrected chi connectivity index (χ0v) is 16.3. The molecule has 3 unspecified atom stereocenters. The van der Waals surface area contributed by atoms with Crippen molar-refractivity contribution in [2.24, 2.45) is 11.8 Å². The lowest BCUT2D eigenvalue weighted by molar-refractivity contribution is 0.415. The Morgan fingerprint density at radius 2 is 2.11 bits per heavy atom. The van der Waals surface area contributed by atoms with Crippen LogP contribution in [-0.4, -0.2) is 32.7 Å². The molecule has 2 aromatic heterocycles. The summed E-state index contributed by atoms with van der Waals surface area (Å²) in [4.78, 5) is 8.62. The lowest BCUT2D eigenvalue weighted by Crippen LogP contribution is -2.27. The predicted octanol–water partition coefficient (Wildman–Crippen LogP) is 4.71. The number of benzene rings is 1. The Hall–Kier alpha value is -2.05. The van der Waals surface area contributed by atoms with E-state index in [9.17, 15) is 0 Å². The monoisotopic (exact) mass is 403 g/mol. The molecule has 1 aromatic carbocycles. The minimum absolute atomic E-state index is 0.377. The molecule has 2 heterocycles. The van der Waals surface area contributed by atoms with Crippen molar-refractivity contribution in [3.8, 4) is 16.9 Å². The van der Waals surface area contributed by atoms with Crippen molar-refractivity contribution in [1.29, 1.82) is 0 Å². The summed E-state index contributed by atoms with van der Waals surface area (Å²) in [5.41, 5.74) is 1.64. The van der Waals surface area contributed by atoms with Crippen LogP contribution in [-0.2, 0) is 0 Å². The molecule has 140 valence electrons. The maximum Gasteiger partial charge on any atom is 0.255 e. The number of hydrogen-bond acceptors (Lipinski definition) is 5. The minimum Gasteiger partial charge on any atom is -0.495 e. The minimum atomic E-state index is 0.377. The highest BCUT2D eigenvalue weighted by atomic mass is 35.5. The van der Waals surface area contributed by atoms with E-state index in [1.807, 2.05) is 18.2 Å². The fourth-order valence-electron chi connectivity index (χ4n) is 4.62. The van der Waals surface area contributed by atoms with Crippen molar-refractivity contribution in [2.45, 2.75) is 31.7 Å². The van der Waals surface area contributed by atoms with Gasteiger partial charge in [0.05, 0.1) is 17.7 Å². The molecule has 1 N–H and O–H groups in total. The van der Waals surface area contributed by atoms with Gasteiger partial charge in [-0.2, -0.15) is 19.6 Å². The Labute approximate surface area is 166 Å². The summed E-state index contributed by atoms with van der Waals surface area (Å²) in [7, 11) is 1.60. The molecule has 0 radical (unpaired) electrons. The molecule has 0 saturated heterocycles. The SMILES string of the molecule is COc1ccc(-c2c(Cl)nc3ncnn3c2NC2CC3CCC2C3)cc1Cl. The molecule has 2 saturated carbocycles. The third-order valence-electron chi connectivity index (χ3n) is 5.88. The van der Waals surface area contributed by atoms with Crippen molar-refractivity contribution < 1.29 is 4.74 Å². The highest BCUT2D eigenvalue weighted by molar-refractivity contribution is 6.34. The van der Waals surface area contributed by atoms with Crippen molar-refractivity contribution in [3.63, 3.8) is 0 Å². The summed E-state index contributed by atoms with van der Waals surface area (Å²) in [5, 5.41) is 8.99. The van der Waals surface area contributed by atoms with Gasteiger partial charge in [-0.3, -0.25) is 0 Å². The first kappa shape index (κ1) is 17.1. The van der Waals surface area contributed by atoms with E-state index in [-0.39, 0.29) is 0 Å². The molecule has 2 aliphatic carbocycles. The van der Waals surface area contributed by atoms with Crippen LogP contribution in [0.1, 0.15) is 25.7 Å². The zero-order chi connectivity index (χ0) is 18.5. The maximum atomic E-state index is 6.58. The number of ether oxygens (including phenoxy) is 1. The number of methoxy groups -OCH3 is 1. The van der Waals surface area contributed by atoms with E-state index in [2.05, 4.69) is 20.4 Å². The molecule has 0 amide bonds. The van der Waals surface area contributed by atoms with Gasteiger partial charge in [0.15, 0.2) is 0 Å². The van der Waals surface area contributed by atoms with Crippen LogP contribution >= 0.6 is 23.2 Å². The first-order valence-electron chi connectivity index (χ1n) is 9.13. The number of rotatable bonds is 4. The first-order valence-corrected chi connectivity index (χ1v) is 9.89. The van der Waals surface area contributed by atoms with Gasteiger partial charge in [-0.15, -0.1) is 0 Å². The second-order valence-electron chi connectivity index (χ2n) is 7.37. The summed E-state index contributed by atoms with van der Waals surface area (Å²) >= 11 is 12.9. The van der Waals surface area contributed by atoms with Crippen LogP contribution in [0.3, 0.4) is 0 Å². The largest absolute Gasteiger partial charge is 0.495 e. The number of nitrogens with one attached hydrogen (secondary N) is 1. The zero-order valence-electron chi connectivity index (χ0n) is 14.8. The summed E-state index contributed by atoms with van der Waals surface area (Å²) in [6.07, 6.45) is 6.62. The van der Waals surface area contributed by atoms with Crippen LogP contribution in [0.25, 0.3) is 16.9 Å². The third-order valence-corrected chi connectivity index (χ3v) is 6.45. The molecule has 2 bridgehead atoms. The van der Waals surface area contributed by atoms with Gasteiger partial charge in [-0.1, -0.05) is 35.7 Å². The van der Waals surface area contributed by atoms with Crippen LogP contribution in [0.2, 0.25) is 10.2 Å². The second kappa shape index (κ2) is 6.53. The molecule has 0 aliphatic heterocycles. The lowest BCUT2D eigenvalue weighted by Gasteiger charge is -2.25. The summed E-state index contributed by atoms with van der Waals surface area (Å²) in [6.45, 7) is 0. The van der Waals surface area contributed by atoms with E-state index in [1.165, 1.54) is 32.0 Å². The van der Waals surface area contributed by atoms with Gasteiger partial charge in [-0.05, 0) is 48.8 Å². The molecule has 8 heteroatoms. The Morgan fingerprint density at radius 1 is 1.22 bits per heavy atom. The molecule has 0 spiro atoms. The van der Waals surface area contributed by atoms with Gasteiger partial charge in [0, 0.05) is 6.04 Å². The topological polar surface area (TPSA) is 64.3 Å².